The van der Waals surface area contributed by atoms with Gasteiger partial charge >= 0.3 is 0 Å². The standard InChI is InChI=1S/C33H36N4O4/c1-36(22-23-6-3-2-4-7-23)32(40)26-12-14-28(15-13-26)34-30(38)21-24-8-5-9-29(20-24)35-31(39)25-16-18-37(19-17-25)33(41)27-10-11-27/h2-9,12-15,20,25,27H,10-11,16-19,21-22H2,1H3,(H,34,38)(H,35,39). The molecule has 3 aromatic carbocycles. The van der Waals surface area contributed by atoms with E-state index in [1.807, 2.05) is 59.5 Å². The summed E-state index contributed by atoms with van der Waals surface area (Å²) < 4.78 is 0. The molecule has 0 bridgehead atoms. The molecule has 1 saturated carbocycles. The molecular weight excluding hydrogens is 516 g/mol. The van der Waals surface area contributed by atoms with Crippen LogP contribution in [0.4, 0.5) is 11.4 Å². The van der Waals surface area contributed by atoms with Gasteiger partial charge in [-0.1, -0.05) is 42.5 Å². The Kier molecular flexibility index (Phi) is 8.77. The summed E-state index contributed by atoms with van der Waals surface area (Å²) in [5, 5.41) is 5.86. The number of rotatable bonds is 9. The lowest BCUT2D eigenvalue weighted by Crippen LogP contribution is -2.42. The Morgan fingerprint density at radius 2 is 1.44 bits per heavy atom. The first kappa shape index (κ1) is 28.1. The van der Waals surface area contributed by atoms with Gasteiger partial charge in [-0.15, -0.1) is 0 Å². The van der Waals surface area contributed by atoms with Crippen LogP contribution in [0.3, 0.4) is 0 Å². The number of hydrogen-bond acceptors (Lipinski definition) is 4. The second-order valence-corrected chi connectivity index (χ2v) is 11.0. The number of nitrogens with one attached hydrogen (secondary N) is 2. The minimum absolute atomic E-state index is 0.0471. The molecular formula is C33H36N4O4. The van der Waals surface area contributed by atoms with Gasteiger partial charge < -0.3 is 20.4 Å². The largest absolute Gasteiger partial charge is 0.342 e. The van der Waals surface area contributed by atoms with Gasteiger partial charge in [-0.25, -0.2) is 0 Å². The van der Waals surface area contributed by atoms with Gasteiger partial charge in [0.25, 0.3) is 5.91 Å². The molecule has 1 aliphatic heterocycles. The van der Waals surface area contributed by atoms with Crippen molar-refractivity contribution in [2.75, 3.05) is 30.8 Å². The van der Waals surface area contributed by atoms with Crippen molar-refractivity contribution in [3.05, 3.63) is 95.6 Å². The molecule has 1 saturated heterocycles. The summed E-state index contributed by atoms with van der Waals surface area (Å²) in [5.74, 6) is -0.0107. The SMILES string of the molecule is CN(Cc1ccccc1)C(=O)c1ccc(NC(=O)Cc2cccc(NC(=O)C3CCN(C(=O)C4CC4)CC3)c2)cc1. The highest BCUT2D eigenvalue weighted by Gasteiger charge is 2.36. The lowest BCUT2D eigenvalue weighted by Gasteiger charge is -2.31. The van der Waals surface area contributed by atoms with Crippen molar-refractivity contribution in [1.29, 1.82) is 0 Å². The van der Waals surface area contributed by atoms with E-state index < -0.39 is 0 Å². The Morgan fingerprint density at radius 1 is 0.756 bits per heavy atom. The van der Waals surface area contributed by atoms with Crippen LogP contribution < -0.4 is 10.6 Å². The predicted molar refractivity (Wildman–Crippen MR) is 158 cm³/mol. The van der Waals surface area contributed by atoms with Gasteiger partial charge in [0, 0.05) is 55.5 Å². The van der Waals surface area contributed by atoms with Crippen LogP contribution in [0, 0.1) is 11.8 Å². The fourth-order valence-corrected chi connectivity index (χ4v) is 5.19. The number of benzene rings is 3. The summed E-state index contributed by atoms with van der Waals surface area (Å²) in [4.78, 5) is 54.2. The Hall–Kier alpha value is -4.46. The number of piperidine rings is 1. The Balaban J connectivity index is 1.09. The van der Waals surface area contributed by atoms with Crippen molar-refractivity contribution in [2.24, 2.45) is 11.8 Å². The molecule has 0 unspecified atom stereocenters. The first-order valence-corrected chi connectivity index (χ1v) is 14.2. The smallest absolute Gasteiger partial charge is 0.253 e. The van der Waals surface area contributed by atoms with Crippen LogP contribution in [-0.4, -0.2) is 53.6 Å². The summed E-state index contributed by atoms with van der Waals surface area (Å²) in [7, 11) is 1.77. The van der Waals surface area contributed by atoms with E-state index in [0.29, 0.717) is 49.4 Å². The Bertz CT molecular complexity index is 1390. The third-order valence-corrected chi connectivity index (χ3v) is 7.69. The van der Waals surface area contributed by atoms with Crippen molar-refractivity contribution in [3.8, 4) is 0 Å². The maximum Gasteiger partial charge on any atom is 0.253 e. The van der Waals surface area contributed by atoms with Gasteiger partial charge in [0.15, 0.2) is 0 Å². The van der Waals surface area contributed by atoms with Gasteiger partial charge in [-0.05, 0) is 73.2 Å². The molecule has 4 amide bonds. The number of nitrogens with zero attached hydrogens (tertiary/aromatic N) is 2. The topological polar surface area (TPSA) is 98.8 Å². The fourth-order valence-electron chi connectivity index (χ4n) is 5.19. The van der Waals surface area contributed by atoms with E-state index in [0.717, 1.165) is 24.0 Å². The zero-order chi connectivity index (χ0) is 28.8. The number of amides is 4. The molecule has 41 heavy (non-hydrogen) atoms. The summed E-state index contributed by atoms with van der Waals surface area (Å²) in [6.07, 6.45) is 3.47. The highest BCUT2D eigenvalue weighted by atomic mass is 16.2. The normalized spacial score (nSPS) is 15.2. The molecule has 8 heteroatoms. The third-order valence-electron chi connectivity index (χ3n) is 7.69. The Labute approximate surface area is 240 Å². The summed E-state index contributed by atoms with van der Waals surface area (Å²) in [6.45, 7) is 1.78. The number of carbonyl (C=O) groups excluding carboxylic acids is 4. The van der Waals surface area contributed by atoms with Crippen molar-refractivity contribution >= 4 is 35.0 Å². The van der Waals surface area contributed by atoms with Gasteiger partial charge in [-0.2, -0.15) is 0 Å². The van der Waals surface area contributed by atoms with Crippen LogP contribution in [-0.2, 0) is 27.3 Å². The molecule has 212 valence electrons. The van der Waals surface area contributed by atoms with Crippen molar-refractivity contribution in [3.63, 3.8) is 0 Å². The summed E-state index contributed by atoms with van der Waals surface area (Å²) in [6, 6.07) is 24.0. The fraction of sp³-hybridized carbons (Fsp3) is 0.333. The quantitative estimate of drug-likeness (QED) is 0.401. The molecule has 2 N–H and O–H groups in total. The highest BCUT2D eigenvalue weighted by Crippen LogP contribution is 2.32. The molecule has 2 aliphatic rings. The van der Waals surface area contributed by atoms with E-state index in [2.05, 4.69) is 10.6 Å². The third kappa shape index (κ3) is 7.60. The van der Waals surface area contributed by atoms with Gasteiger partial charge in [0.1, 0.15) is 0 Å². The molecule has 3 aromatic rings. The van der Waals surface area contributed by atoms with Crippen molar-refractivity contribution in [2.45, 2.75) is 38.6 Å². The molecule has 5 rings (SSSR count). The van der Waals surface area contributed by atoms with Crippen LogP contribution in [0.15, 0.2) is 78.9 Å². The second-order valence-electron chi connectivity index (χ2n) is 11.0. The van der Waals surface area contributed by atoms with E-state index in [1.54, 1.807) is 36.2 Å². The molecule has 8 nitrogen and oxygen atoms in total. The van der Waals surface area contributed by atoms with E-state index in [9.17, 15) is 19.2 Å². The molecule has 0 aromatic heterocycles. The van der Waals surface area contributed by atoms with Crippen molar-refractivity contribution < 1.29 is 19.2 Å². The zero-order valence-electron chi connectivity index (χ0n) is 23.3. The number of carbonyl (C=O) groups is 4. The molecule has 1 aliphatic carbocycles. The van der Waals surface area contributed by atoms with E-state index in [-0.39, 0.29) is 41.9 Å². The van der Waals surface area contributed by atoms with Crippen LogP contribution >= 0.6 is 0 Å². The summed E-state index contributed by atoms with van der Waals surface area (Å²) in [5.41, 5.74) is 3.63. The highest BCUT2D eigenvalue weighted by molar-refractivity contribution is 5.96. The molecule has 0 spiro atoms. The van der Waals surface area contributed by atoms with E-state index >= 15 is 0 Å². The van der Waals surface area contributed by atoms with Gasteiger partial charge in [-0.3, -0.25) is 19.2 Å². The average molecular weight is 553 g/mol. The van der Waals surface area contributed by atoms with Crippen LogP contribution in [0.2, 0.25) is 0 Å². The lowest BCUT2D eigenvalue weighted by atomic mass is 9.95. The van der Waals surface area contributed by atoms with Crippen LogP contribution in [0.5, 0.6) is 0 Å². The Morgan fingerprint density at radius 3 is 2.12 bits per heavy atom. The number of anilines is 2. The lowest BCUT2D eigenvalue weighted by molar-refractivity contribution is -0.135. The molecule has 0 radical (unpaired) electrons. The second kappa shape index (κ2) is 12.8. The summed E-state index contributed by atoms with van der Waals surface area (Å²) >= 11 is 0. The molecule has 2 fully saturated rings. The van der Waals surface area contributed by atoms with Crippen molar-refractivity contribution in [1.82, 2.24) is 9.80 Å². The molecule has 1 heterocycles. The maximum atomic E-state index is 12.9. The predicted octanol–water partition coefficient (Wildman–Crippen LogP) is 4.73. The van der Waals surface area contributed by atoms with Gasteiger partial charge in [0.05, 0.1) is 6.42 Å². The first-order chi connectivity index (χ1) is 19.9. The zero-order valence-corrected chi connectivity index (χ0v) is 23.3. The van der Waals surface area contributed by atoms with Gasteiger partial charge in [0.2, 0.25) is 17.7 Å². The minimum Gasteiger partial charge on any atom is -0.342 e. The minimum atomic E-state index is -0.193. The maximum absolute atomic E-state index is 12.9. The van der Waals surface area contributed by atoms with Crippen LogP contribution in [0.1, 0.15) is 47.2 Å². The van der Waals surface area contributed by atoms with Crippen LogP contribution in [0.25, 0.3) is 0 Å². The first-order valence-electron chi connectivity index (χ1n) is 14.2. The molecule has 0 atom stereocenters. The number of hydrogen-bond donors (Lipinski definition) is 2. The van der Waals surface area contributed by atoms with E-state index in [1.165, 1.54) is 0 Å². The average Bonchev–Trinajstić information content (AvgIpc) is 3.83. The van der Waals surface area contributed by atoms with E-state index in [4.69, 9.17) is 0 Å². The number of likely N-dealkylation sites (tertiary alicyclic amines) is 1. The monoisotopic (exact) mass is 552 g/mol.